The fourth-order valence-corrected chi connectivity index (χ4v) is 3.66. The van der Waals surface area contributed by atoms with Crippen LogP contribution in [0.25, 0.3) is 5.65 Å². The molecule has 5 nitrogen and oxygen atoms in total. The van der Waals surface area contributed by atoms with Crippen LogP contribution >= 0.6 is 11.8 Å². The zero-order valence-electron chi connectivity index (χ0n) is 14.4. The zero-order chi connectivity index (χ0) is 18.9. The van der Waals surface area contributed by atoms with Gasteiger partial charge >= 0.3 is 0 Å². The summed E-state index contributed by atoms with van der Waals surface area (Å²) >= 11 is 1.17. The molecule has 3 aromatic rings. The Hall–Kier alpha value is -2.03. The van der Waals surface area contributed by atoms with Crippen LogP contribution in [0.15, 0.2) is 46.3 Å². The van der Waals surface area contributed by atoms with Crippen molar-refractivity contribution in [1.82, 2.24) is 14.6 Å². The fourth-order valence-electron chi connectivity index (χ4n) is 2.82. The van der Waals surface area contributed by atoms with E-state index in [4.69, 9.17) is 5.11 Å². The lowest BCUT2D eigenvalue weighted by molar-refractivity contribution is 0.0705. The van der Waals surface area contributed by atoms with E-state index in [1.807, 2.05) is 13.8 Å². The van der Waals surface area contributed by atoms with Gasteiger partial charge in [0.15, 0.2) is 5.65 Å². The molecule has 0 aliphatic heterocycles. The third-order valence-electron chi connectivity index (χ3n) is 4.06. The van der Waals surface area contributed by atoms with Gasteiger partial charge in [0, 0.05) is 27.5 Å². The number of aliphatic hydroxyl groups is 2. The lowest BCUT2D eigenvalue weighted by atomic mass is 9.86. The molecule has 138 valence electrons. The second-order valence-corrected chi connectivity index (χ2v) is 7.83. The molecule has 0 saturated heterocycles. The predicted molar refractivity (Wildman–Crippen MR) is 94.2 cm³/mol. The Morgan fingerprint density at radius 1 is 1.19 bits per heavy atom. The summed E-state index contributed by atoms with van der Waals surface area (Å²) in [6.07, 6.45) is 1.24. The van der Waals surface area contributed by atoms with Crippen molar-refractivity contribution in [1.29, 1.82) is 0 Å². The molecular weight excluding hydrogens is 360 g/mol. The molecule has 2 heterocycles. The number of benzene rings is 1. The summed E-state index contributed by atoms with van der Waals surface area (Å²) in [6, 6.07) is 7.02. The quantitative estimate of drug-likeness (QED) is 0.688. The van der Waals surface area contributed by atoms with E-state index >= 15 is 0 Å². The van der Waals surface area contributed by atoms with Gasteiger partial charge in [0.05, 0.1) is 12.7 Å². The number of nitrogens with zero attached hydrogens (tertiary/aromatic N) is 3. The standard InChI is InChI=1S/C18H19F2N3O2S/c1-18(2,8-12(25)10-24)17-22-21-16-6-4-13(9-23(16)17)26-15-5-3-11(19)7-14(15)20/h3-7,9,12,24-25H,8,10H2,1-2H3. The van der Waals surface area contributed by atoms with Crippen LogP contribution in [-0.2, 0) is 5.41 Å². The number of fused-ring (bicyclic) bond motifs is 1. The largest absolute Gasteiger partial charge is 0.394 e. The smallest absolute Gasteiger partial charge is 0.160 e. The molecule has 26 heavy (non-hydrogen) atoms. The summed E-state index contributed by atoms with van der Waals surface area (Å²) < 4.78 is 28.7. The topological polar surface area (TPSA) is 70.7 Å². The maximum Gasteiger partial charge on any atom is 0.160 e. The van der Waals surface area contributed by atoms with Crippen molar-refractivity contribution in [3.05, 3.63) is 54.0 Å². The van der Waals surface area contributed by atoms with Crippen molar-refractivity contribution in [2.45, 2.75) is 41.6 Å². The van der Waals surface area contributed by atoms with Gasteiger partial charge in [0.1, 0.15) is 17.5 Å². The maximum atomic E-state index is 13.9. The molecule has 0 bridgehead atoms. The van der Waals surface area contributed by atoms with Crippen molar-refractivity contribution in [2.24, 2.45) is 0 Å². The molecule has 0 radical (unpaired) electrons. The summed E-state index contributed by atoms with van der Waals surface area (Å²) in [6.45, 7) is 3.48. The van der Waals surface area contributed by atoms with Crippen LogP contribution in [-0.4, -0.2) is 37.5 Å². The van der Waals surface area contributed by atoms with Crippen LogP contribution < -0.4 is 0 Å². The van der Waals surface area contributed by atoms with Crippen LogP contribution in [0.3, 0.4) is 0 Å². The Morgan fingerprint density at radius 2 is 1.96 bits per heavy atom. The van der Waals surface area contributed by atoms with E-state index in [0.717, 1.165) is 11.0 Å². The van der Waals surface area contributed by atoms with Crippen LogP contribution in [0.4, 0.5) is 8.78 Å². The molecule has 2 N–H and O–H groups in total. The number of aliphatic hydroxyl groups excluding tert-OH is 2. The van der Waals surface area contributed by atoms with Crippen molar-refractivity contribution in [3.63, 3.8) is 0 Å². The molecule has 0 aliphatic rings. The number of hydrogen-bond donors (Lipinski definition) is 2. The van der Waals surface area contributed by atoms with Gasteiger partial charge in [-0.1, -0.05) is 25.6 Å². The lowest BCUT2D eigenvalue weighted by Crippen LogP contribution is -2.28. The van der Waals surface area contributed by atoms with Gasteiger partial charge in [-0.05, 0) is 30.7 Å². The normalized spacial score (nSPS) is 13.3. The molecule has 0 aliphatic carbocycles. The second kappa shape index (κ2) is 7.30. The minimum Gasteiger partial charge on any atom is -0.394 e. The number of aromatic nitrogens is 3. The van der Waals surface area contributed by atoms with Crippen molar-refractivity contribution in [2.75, 3.05) is 6.61 Å². The second-order valence-electron chi connectivity index (χ2n) is 6.72. The maximum absolute atomic E-state index is 13.9. The van der Waals surface area contributed by atoms with Crippen molar-refractivity contribution < 1.29 is 19.0 Å². The van der Waals surface area contributed by atoms with Crippen molar-refractivity contribution in [3.8, 4) is 0 Å². The Bertz CT molecular complexity index is 930. The van der Waals surface area contributed by atoms with Gasteiger partial charge in [-0.2, -0.15) is 0 Å². The Morgan fingerprint density at radius 3 is 2.65 bits per heavy atom. The molecular formula is C18H19F2N3O2S. The van der Waals surface area contributed by atoms with E-state index in [2.05, 4.69) is 10.2 Å². The van der Waals surface area contributed by atoms with E-state index in [9.17, 15) is 13.9 Å². The molecule has 1 atom stereocenters. The Balaban J connectivity index is 1.95. The summed E-state index contributed by atoms with van der Waals surface area (Å²) in [7, 11) is 0. The average Bonchev–Trinajstić information content (AvgIpc) is 3.01. The Kier molecular flexibility index (Phi) is 5.27. The van der Waals surface area contributed by atoms with E-state index in [1.165, 1.54) is 23.9 Å². The first-order chi connectivity index (χ1) is 12.3. The lowest BCUT2D eigenvalue weighted by Gasteiger charge is -2.25. The first-order valence-electron chi connectivity index (χ1n) is 8.07. The van der Waals surface area contributed by atoms with Crippen LogP contribution in [0.1, 0.15) is 26.1 Å². The molecule has 0 amide bonds. The molecule has 1 aromatic carbocycles. The number of rotatable bonds is 6. The minimum absolute atomic E-state index is 0.314. The van der Waals surface area contributed by atoms with E-state index in [0.29, 0.717) is 22.8 Å². The van der Waals surface area contributed by atoms with Gasteiger partial charge in [0.2, 0.25) is 0 Å². The predicted octanol–water partition coefficient (Wildman–Crippen LogP) is 3.18. The minimum atomic E-state index is -0.858. The fraction of sp³-hybridized carbons (Fsp3) is 0.333. The number of pyridine rings is 1. The monoisotopic (exact) mass is 379 g/mol. The summed E-state index contributed by atoms with van der Waals surface area (Å²) in [5, 5.41) is 27.2. The van der Waals surface area contributed by atoms with E-state index in [-0.39, 0.29) is 6.61 Å². The zero-order valence-corrected chi connectivity index (χ0v) is 15.2. The highest BCUT2D eigenvalue weighted by Gasteiger charge is 2.29. The van der Waals surface area contributed by atoms with Gasteiger partial charge in [-0.3, -0.25) is 4.40 Å². The summed E-state index contributed by atoms with van der Waals surface area (Å²) in [4.78, 5) is 1.05. The van der Waals surface area contributed by atoms with E-state index < -0.39 is 23.2 Å². The van der Waals surface area contributed by atoms with Gasteiger partial charge < -0.3 is 10.2 Å². The molecule has 3 rings (SSSR count). The van der Waals surface area contributed by atoms with Crippen LogP contribution in [0, 0.1) is 11.6 Å². The first kappa shape index (κ1) is 18.8. The van der Waals surface area contributed by atoms with E-state index in [1.54, 1.807) is 22.7 Å². The molecule has 8 heteroatoms. The highest BCUT2D eigenvalue weighted by molar-refractivity contribution is 7.99. The summed E-state index contributed by atoms with van der Waals surface area (Å²) in [5.74, 6) is -0.611. The third-order valence-corrected chi connectivity index (χ3v) is 5.09. The average molecular weight is 379 g/mol. The van der Waals surface area contributed by atoms with Gasteiger partial charge in [-0.25, -0.2) is 8.78 Å². The van der Waals surface area contributed by atoms with Gasteiger partial charge in [0.25, 0.3) is 0 Å². The summed E-state index contributed by atoms with van der Waals surface area (Å²) in [5.41, 5.74) is 0.0851. The Labute approximate surface area is 153 Å². The first-order valence-corrected chi connectivity index (χ1v) is 8.89. The molecule has 0 spiro atoms. The molecule has 1 unspecified atom stereocenters. The molecule has 0 fully saturated rings. The highest BCUT2D eigenvalue weighted by Crippen LogP contribution is 2.32. The van der Waals surface area contributed by atoms with Crippen molar-refractivity contribution >= 4 is 17.4 Å². The third kappa shape index (κ3) is 3.87. The van der Waals surface area contributed by atoms with Gasteiger partial charge in [-0.15, -0.1) is 10.2 Å². The highest BCUT2D eigenvalue weighted by atomic mass is 32.2. The SMILES string of the molecule is CC(C)(CC(O)CO)c1nnc2ccc(Sc3ccc(F)cc3F)cn12. The number of halogens is 2. The molecule has 2 aromatic heterocycles. The number of hydrogen-bond acceptors (Lipinski definition) is 5. The molecule has 0 saturated carbocycles. The van der Waals surface area contributed by atoms with Crippen LogP contribution in [0.5, 0.6) is 0 Å². The van der Waals surface area contributed by atoms with Crippen LogP contribution in [0.2, 0.25) is 0 Å².